The summed E-state index contributed by atoms with van der Waals surface area (Å²) in [7, 11) is 0. The van der Waals surface area contributed by atoms with Crippen molar-refractivity contribution in [3.05, 3.63) is 52.5 Å². The van der Waals surface area contributed by atoms with Crippen molar-refractivity contribution in [3.8, 4) is 0 Å². The number of rotatable bonds is 7. The lowest BCUT2D eigenvalue weighted by molar-refractivity contribution is 0.141. The highest BCUT2D eigenvalue weighted by Gasteiger charge is 2.06. The van der Waals surface area contributed by atoms with Crippen molar-refractivity contribution in [1.29, 1.82) is 0 Å². The molecule has 5 heteroatoms. The predicted molar refractivity (Wildman–Crippen MR) is 82.3 cm³/mol. The molecule has 0 aliphatic heterocycles. The monoisotopic (exact) mass is 312 g/mol. The van der Waals surface area contributed by atoms with Crippen molar-refractivity contribution in [1.82, 2.24) is 9.55 Å². The predicted octanol–water partition coefficient (Wildman–Crippen LogP) is 3.96. The molecule has 0 fully saturated rings. The highest BCUT2D eigenvalue weighted by atomic mass is 35.5. The summed E-state index contributed by atoms with van der Waals surface area (Å²) >= 11 is 12.0. The first kappa shape index (κ1) is 15.4. The summed E-state index contributed by atoms with van der Waals surface area (Å²) in [6.07, 6.45) is 8.63. The number of unbranched alkanes of at least 4 members (excludes halogenated alkanes) is 1. The summed E-state index contributed by atoms with van der Waals surface area (Å²) in [6.45, 7) is 0.599. The van der Waals surface area contributed by atoms with Gasteiger partial charge in [0, 0.05) is 29.0 Å². The second-order valence-corrected chi connectivity index (χ2v) is 5.74. The van der Waals surface area contributed by atoms with Gasteiger partial charge in [0.2, 0.25) is 0 Å². The molecule has 1 unspecified atom stereocenters. The summed E-state index contributed by atoms with van der Waals surface area (Å²) in [5.41, 5.74) is 1.11. The van der Waals surface area contributed by atoms with Crippen LogP contribution in [0.25, 0.3) is 0 Å². The average molecular weight is 313 g/mol. The molecule has 0 saturated carbocycles. The molecule has 0 aliphatic carbocycles. The number of imidazole rings is 1. The summed E-state index contributed by atoms with van der Waals surface area (Å²) in [4.78, 5) is 3.95. The van der Waals surface area contributed by atoms with Gasteiger partial charge in [0.15, 0.2) is 0 Å². The van der Waals surface area contributed by atoms with E-state index < -0.39 is 0 Å². The van der Waals surface area contributed by atoms with E-state index >= 15 is 0 Å². The molecule has 0 saturated heterocycles. The quantitative estimate of drug-likeness (QED) is 0.786. The van der Waals surface area contributed by atoms with Crippen LogP contribution in [0.3, 0.4) is 0 Å². The number of aromatic nitrogens is 2. The van der Waals surface area contributed by atoms with Crippen molar-refractivity contribution in [2.45, 2.75) is 38.3 Å². The third kappa shape index (κ3) is 4.82. The van der Waals surface area contributed by atoms with Crippen molar-refractivity contribution in [3.63, 3.8) is 0 Å². The number of hydrogen-bond donors (Lipinski definition) is 1. The van der Waals surface area contributed by atoms with E-state index in [4.69, 9.17) is 23.2 Å². The average Bonchev–Trinajstić information content (AvgIpc) is 2.89. The molecule has 0 radical (unpaired) electrons. The van der Waals surface area contributed by atoms with Gasteiger partial charge in [0.1, 0.15) is 0 Å². The molecular formula is C15H18Cl2N2O. The minimum Gasteiger partial charge on any atom is -0.391 e. The third-order valence-electron chi connectivity index (χ3n) is 3.23. The van der Waals surface area contributed by atoms with Crippen LogP contribution in [0.1, 0.15) is 24.8 Å². The van der Waals surface area contributed by atoms with E-state index in [9.17, 15) is 5.11 Å². The van der Waals surface area contributed by atoms with Crippen LogP contribution in [0.2, 0.25) is 10.0 Å². The topological polar surface area (TPSA) is 38.0 Å². The molecular weight excluding hydrogens is 295 g/mol. The molecule has 108 valence electrons. The first-order valence-electron chi connectivity index (χ1n) is 6.73. The molecule has 1 aromatic heterocycles. The minimum absolute atomic E-state index is 0.329. The van der Waals surface area contributed by atoms with Crippen molar-refractivity contribution in [2.75, 3.05) is 0 Å². The Labute approximate surface area is 129 Å². The van der Waals surface area contributed by atoms with Crippen molar-refractivity contribution < 1.29 is 5.11 Å². The number of hydrogen-bond acceptors (Lipinski definition) is 2. The van der Waals surface area contributed by atoms with Gasteiger partial charge in [0.25, 0.3) is 0 Å². The number of aryl methyl sites for hydroxylation is 1. The van der Waals surface area contributed by atoms with Gasteiger partial charge in [-0.25, -0.2) is 4.98 Å². The van der Waals surface area contributed by atoms with Gasteiger partial charge < -0.3 is 9.67 Å². The number of aliphatic hydroxyl groups excluding tert-OH is 1. The molecule has 0 amide bonds. The molecule has 2 aromatic rings. The Balaban J connectivity index is 1.68. The fourth-order valence-electron chi connectivity index (χ4n) is 2.15. The van der Waals surface area contributed by atoms with Crippen LogP contribution in [0.15, 0.2) is 36.9 Å². The highest BCUT2D eigenvalue weighted by molar-refractivity contribution is 6.35. The zero-order valence-electron chi connectivity index (χ0n) is 11.2. The second-order valence-electron chi connectivity index (χ2n) is 4.89. The summed E-state index contributed by atoms with van der Waals surface area (Å²) in [6, 6.07) is 5.59. The van der Waals surface area contributed by atoms with E-state index in [1.54, 1.807) is 18.6 Å². The smallest absolute Gasteiger partial charge is 0.0946 e. The molecule has 20 heavy (non-hydrogen) atoms. The number of halogens is 2. The number of nitrogens with zero attached hydrogens (tertiary/aromatic N) is 2. The fraction of sp³-hybridized carbons (Fsp3) is 0.400. The Morgan fingerprint density at radius 1 is 1.25 bits per heavy atom. The van der Waals surface area contributed by atoms with Crippen LogP contribution in [0.4, 0.5) is 0 Å². The van der Waals surface area contributed by atoms with E-state index in [-0.39, 0.29) is 6.10 Å². The Bertz CT molecular complexity index is 529. The molecule has 2 rings (SSSR count). The number of benzene rings is 1. The third-order valence-corrected chi connectivity index (χ3v) is 3.82. The molecule has 0 aliphatic rings. The van der Waals surface area contributed by atoms with Crippen LogP contribution in [0.5, 0.6) is 0 Å². The second kappa shape index (κ2) is 7.67. The first-order valence-corrected chi connectivity index (χ1v) is 7.48. The largest absolute Gasteiger partial charge is 0.391 e. The van der Waals surface area contributed by atoms with Crippen LogP contribution < -0.4 is 0 Å². The van der Waals surface area contributed by atoms with Gasteiger partial charge in [0.05, 0.1) is 12.4 Å². The minimum atomic E-state index is -0.329. The van der Waals surface area contributed by atoms with E-state index in [1.165, 1.54) is 0 Å². The molecule has 0 spiro atoms. The molecule has 1 N–H and O–H groups in total. The van der Waals surface area contributed by atoms with E-state index in [1.807, 2.05) is 22.9 Å². The van der Waals surface area contributed by atoms with E-state index in [0.717, 1.165) is 36.3 Å². The standard InChI is InChI=1S/C15H18Cl2N2O/c16-13-6-5-12(15(17)9-13)3-1-2-4-14(20)10-19-8-7-18-11-19/h5-9,11,14,20H,1-4,10H2. The molecule has 1 heterocycles. The summed E-state index contributed by atoms with van der Waals surface area (Å²) < 4.78 is 1.89. The van der Waals surface area contributed by atoms with E-state index in [0.29, 0.717) is 11.6 Å². The van der Waals surface area contributed by atoms with Gasteiger partial charge in [-0.3, -0.25) is 0 Å². The highest BCUT2D eigenvalue weighted by Crippen LogP contribution is 2.22. The van der Waals surface area contributed by atoms with Gasteiger partial charge in [-0.15, -0.1) is 0 Å². The summed E-state index contributed by atoms with van der Waals surface area (Å²) in [5, 5.41) is 11.3. The fourth-order valence-corrected chi connectivity index (χ4v) is 2.65. The number of aliphatic hydroxyl groups is 1. The Morgan fingerprint density at radius 3 is 2.80 bits per heavy atom. The Hall–Kier alpha value is -1.03. The summed E-state index contributed by atoms with van der Waals surface area (Å²) in [5.74, 6) is 0. The van der Waals surface area contributed by atoms with Crippen LogP contribution >= 0.6 is 23.2 Å². The lowest BCUT2D eigenvalue weighted by Crippen LogP contribution is -2.14. The Kier molecular flexibility index (Phi) is 5.89. The van der Waals surface area contributed by atoms with Crippen molar-refractivity contribution in [2.24, 2.45) is 0 Å². The zero-order chi connectivity index (χ0) is 14.4. The molecule has 1 aromatic carbocycles. The normalized spacial score (nSPS) is 12.6. The lowest BCUT2D eigenvalue weighted by atomic mass is 10.1. The van der Waals surface area contributed by atoms with Crippen LogP contribution in [0, 0.1) is 0 Å². The molecule has 3 nitrogen and oxygen atoms in total. The van der Waals surface area contributed by atoms with Gasteiger partial charge in [-0.2, -0.15) is 0 Å². The van der Waals surface area contributed by atoms with Gasteiger partial charge in [-0.05, 0) is 37.0 Å². The van der Waals surface area contributed by atoms with E-state index in [2.05, 4.69) is 4.98 Å². The Morgan fingerprint density at radius 2 is 2.10 bits per heavy atom. The maximum absolute atomic E-state index is 9.92. The van der Waals surface area contributed by atoms with Gasteiger partial charge in [-0.1, -0.05) is 35.7 Å². The van der Waals surface area contributed by atoms with Crippen LogP contribution in [-0.4, -0.2) is 20.8 Å². The zero-order valence-corrected chi connectivity index (χ0v) is 12.7. The maximum Gasteiger partial charge on any atom is 0.0946 e. The van der Waals surface area contributed by atoms with Gasteiger partial charge >= 0.3 is 0 Å². The molecule has 0 bridgehead atoms. The first-order chi connectivity index (χ1) is 9.65. The molecule has 1 atom stereocenters. The lowest BCUT2D eigenvalue weighted by Gasteiger charge is -2.11. The van der Waals surface area contributed by atoms with Crippen LogP contribution in [-0.2, 0) is 13.0 Å². The SMILES string of the molecule is OC(CCCCc1ccc(Cl)cc1Cl)Cn1ccnc1. The van der Waals surface area contributed by atoms with Crippen molar-refractivity contribution >= 4 is 23.2 Å². The maximum atomic E-state index is 9.92.